The predicted octanol–water partition coefficient (Wildman–Crippen LogP) is -3.24. The summed E-state index contributed by atoms with van der Waals surface area (Å²) in [7, 11) is 0. The third-order valence-electron chi connectivity index (χ3n) is 14.9. The number of unbranched alkanes of at least 4 members (excludes halogenated alkanes) is 1. The van der Waals surface area contributed by atoms with E-state index < -0.39 is 169 Å². The molecular formula is C57H97N17O16S. The van der Waals surface area contributed by atoms with Crippen LogP contribution in [0.4, 0.5) is 0 Å². The first-order valence-electron chi connectivity index (χ1n) is 30.6. The molecule has 0 unspecified atom stereocenters. The number of thioether (sulfide) groups is 1. The fourth-order valence-corrected chi connectivity index (χ4v) is 10.1. The highest BCUT2D eigenvalue weighted by Crippen LogP contribution is 2.21. The monoisotopic (exact) mass is 1310 g/mol. The molecule has 34 heteroatoms. The Morgan fingerprint density at radius 3 is 1.78 bits per heavy atom. The highest BCUT2D eigenvalue weighted by atomic mass is 32.2. The van der Waals surface area contributed by atoms with E-state index in [4.69, 9.17) is 28.0 Å². The average Bonchev–Trinajstić information content (AvgIpc) is 1.85. The summed E-state index contributed by atoms with van der Waals surface area (Å²) < 4.78 is 0. The molecule has 0 radical (unpaired) electrons. The molecule has 512 valence electrons. The number of H-pyrrole nitrogens is 1. The van der Waals surface area contributed by atoms with E-state index in [0.717, 1.165) is 0 Å². The molecule has 0 spiro atoms. The molecule has 21 N–H and O–H groups in total. The van der Waals surface area contributed by atoms with Crippen LogP contribution in [0, 0.1) is 17.8 Å². The van der Waals surface area contributed by atoms with Crippen molar-refractivity contribution in [3.63, 3.8) is 0 Å². The summed E-state index contributed by atoms with van der Waals surface area (Å²) in [6, 6.07) is -13.3. The molecule has 2 heterocycles. The van der Waals surface area contributed by atoms with E-state index in [0.29, 0.717) is 31.4 Å². The number of hydrogen-bond acceptors (Lipinski definition) is 18. The Morgan fingerprint density at radius 1 is 0.681 bits per heavy atom. The van der Waals surface area contributed by atoms with Gasteiger partial charge in [-0.2, -0.15) is 11.8 Å². The molecule has 1 aromatic rings. The van der Waals surface area contributed by atoms with Crippen molar-refractivity contribution in [1.82, 2.24) is 62.7 Å². The van der Waals surface area contributed by atoms with E-state index in [1.165, 1.54) is 29.2 Å². The van der Waals surface area contributed by atoms with Gasteiger partial charge in [0, 0.05) is 44.2 Å². The molecule has 11 atom stereocenters. The van der Waals surface area contributed by atoms with Crippen LogP contribution < -0.4 is 70.8 Å². The van der Waals surface area contributed by atoms with Gasteiger partial charge in [-0.15, -0.1) is 0 Å². The van der Waals surface area contributed by atoms with Crippen LogP contribution in [0.3, 0.4) is 0 Å². The van der Waals surface area contributed by atoms with Gasteiger partial charge in [0.15, 0.2) is 5.96 Å². The maximum Gasteiger partial charge on any atom is 0.326 e. The lowest BCUT2D eigenvalue weighted by molar-refractivity contribution is -0.143. The van der Waals surface area contributed by atoms with Gasteiger partial charge < -0.3 is 96.0 Å². The van der Waals surface area contributed by atoms with Crippen LogP contribution >= 0.6 is 11.8 Å². The number of aromatic amines is 1. The summed E-state index contributed by atoms with van der Waals surface area (Å²) in [5.74, 6) is -13.3. The van der Waals surface area contributed by atoms with Crippen LogP contribution in [0.15, 0.2) is 17.5 Å². The molecule has 91 heavy (non-hydrogen) atoms. The minimum absolute atomic E-state index is 0.0211. The van der Waals surface area contributed by atoms with Crippen LogP contribution in [-0.2, 0) is 68.7 Å². The zero-order valence-electron chi connectivity index (χ0n) is 53.0. The lowest BCUT2D eigenvalue weighted by Crippen LogP contribution is -2.61. The molecule has 0 aliphatic carbocycles. The first-order chi connectivity index (χ1) is 42.9. The number of hydrogen-bond donors (Lipinski definition) is 17. The predicted molar refractivity (Wildman–Crippen MR) is 334 cm³/mol. The summed E-state index contributed by atoms with van der Waals surface area (Å²) >= 11 is 1.31. The number of nitrogens with two attached hydrogens (primary N) is 4. The lowest BCUT2D eigenvalue weighted by atomic mass is 9.97. The van der Waals surface area contributed by atoms with Gasteiger partial charge >= 0.3 is 17.9 Å². The fraction of sp³-hybridized carbons (Fsp3) is 0.702. The van der Waals surface area contributed by atoms with E-state index >= 15 is 0 Å². The second-order valence-electron chi connectivity index (χ2n) is 23.2. The lowest BCUT2D eigenvalue weighted by Gasteiger charge is -2.32. The molecule has 1 aromatic heterocycles. The number of likely N-dealkylation sites (tertiary alicyclic amines) is 1. The Hall–Kier alpha value is -8.14. The number of rotatable bonds is 44. The number of guanidine groups is 1. The van der Waals surface area contributed by atoms with Crippen LogP contribution in [0.2, 0.25) is 0 Å². The molecule has 1 aliphatic heterocycles. The van der Waals surface area contributed by atoms with Crippen molar-refractivity contribution in [1.29, 1.82) is 0 Å². The first-order valence-corrected chi connectivity index (χ1v) is 32.0. The summed E-state index contributed by atoms with van der Waals surface area (Å²) in [5.41, 5.74) is 22.9. The number of aromatic nitrogens is 2. The Labute approximate surface area is 533 Å². The van der Waals surface area contributed by atoms with Crippen molar-refractivity contribution < 1.29 is 77.6 Å². The molecule has 1 saturated heterocycles. The molecule has 0 saturated carbocycles. The molecule has 10 amide bonds. The maximum absolute atomic E-state index is 14.7. The maximum atomic E-state index is 14.7. The van der Waals surface area contributed by atoms with Crippen molar-refractivity contribution in [2.24, 2.45) is 45.7 Å². The van der Waals surface area contributed by atoms with Gasteiger partial charge in [-0.25, -0.2) is 9.78 Å². The standard InChI is InChI=1S/C57H97N17O16S/c1-8-32(6)46(72-42(75)28-64-47(80)34(59)16-18-43(76)77)54(87)70-39(26-33-27-62-29-65-33)55(88)74-23-12-15-41(74)52(85)68-35(13-9-10-21-58)51(84)73-45(31(4)5)53(86)69-38(20-24-91-7)50(83)67-37(17-19-44(78)79)49(82)66-36(14-11-22-63-57(60)61)48(81)71-40(56(89)90)25-30(2)3/h27,29-32,34-41,45-46H,8-26,28,58-59H2,1-7H3,(H,62,65)(H,64,80)(H,66,82)(H,67,83)(H,68,85)(H,69,86)(H,70,87)(H,71,81)(H,72,75)(H,73,84)(H,76,77)(H,78,79)(H,89,90)(H4,60,61,63)/t32-,34-,35-,36-,37-,38-,39-,40-,41-,45-,46-/m0/s1. The van der Waals surface area contributed by atoms with E-state index in [2.05, 4.69) is 62.8 Å². The van der Waals surface area contributed by atoms with Crippen LogP contribution in [0.1, 0.15) is 137 Å². The smallest absolute Gasteiger partial charge is 0.326 e. The topological polar surface area (TPSA) is 539 Å². The zero-order chi connectivity index (χ0) is 68.5. The second kappa shape index (κ2) is 41.3. The number of carboxylic acids is 3. The number of amides is 10. The number of carboxylic acid groups (broad SMARTS) is 3. The van der Waals surface area contributed by atoms with Gasteiger partial charge in [0.2, 0.25) is 59.1 Å². The van der Waals surface area contributed by atoms with Crippen molar-refractivity contribution in [2.45, 2.75) is 198 Å². The van der Waals surface area contributed by atoms with Gasteiger partial charge in [-0.05, 0) is 107 Å². The van der Waals surface area contributed by atoms with E-state index in [-0.39, 0.29) is 95.1 Å². The molecule has 2 rings (SSSR count). The number of carbonyl (C=O) groups excluding carboxylic acids is 10. The summed E-state index contributed by atoms with van der Waals surface area (Å²) in [6.07, 6.45) is 4.42. The number of imidazole rings is 1. The summed E-state index contributed by atoms with van der Waals surface area (Å²) in [6.45, 7) is 9.91. The van der Waals surface area contributed by atoms with Crippen LogP contribution in [0.25, 0.3) is 0 Å². The Balaban J connectivity index is 2.42. The van der Waals surface area contributed by atoms with Gasteiger partial charge in [0.05, 0.1) is 18.9 Å². The molecular weight excluding hydrogens is 1210 g/mol. The van der Waals surface area contributed by atoms with Crippen LogP contribution in [-0.4, -0.2) is 212 Å². The van der Waals surface area contributed by atoms with E-state index in [1.54, 1.807) is 47.8 Å². The number of nitrogens with zero attached hydrogens (tertiary/aromatic N) is 3. The summed E-state index contributed by atoms with van der Waals surface area (Å²) in [5, 5.41) is 51.7. The molecule has 1 aliphatic rings. The quantitative estimate of drug-likeness (QED) is 0.0173. The third kappa shape index (κ3) is 29.1. The number of aliphatic carboxylic acids is 3. The molecule has 0 bridgehead atoms. The van der Waals surface area contributed by atoms with E-state index in [1.807, 2.05) is 0 Å². The Kier molecular flexibility index (Phi) is 35.8. The molecule has 0 aromatic carbocycles. The molecule has 33 nitrogen and oxygen atoms in total. The highest BCUT2D eigenvalue weighted by molar-refractivity contribution is 7.98. The van der Waals surface area contributed by atoms with Crippen molar-refractivity contribution in [2.75, 3.05) is 38.2 Å². The van der Waals surface area contributed by atoms with Gasteiger partial charge in [0.1, 0.15) is 54.4 Å². The summed E-state index contributed by atoms with van der Waals surface area (Å²) in [4.78, 5) is 187. The SMILES string of the molecule is CC[C@H](C)[C@H](NC(=O)CNC(=O)[C@@H](N)CCC(=O)O)C(=O)N[C@@H](Cc1cnc[nH]1)C(=O)N1CCC[C@H]1C(=O)N[C@@H](CCCCN)C(=O)N[C@H](C(=O)N[C@@H](CCSC)C(=O)N[C@@H](CCC(=O)O)C(=O)N[C@@H](CCCN=C(N)N)C(=O)N[C@@H](CC(C)C)C(=O)O)C(C)C. The third-order valence-corrected chi connectivity index (χ3v) is 15.6. The molecule has 1 fully saturated rings. The number of aliphatic imine (C=N–C) groups is 1. The fourth-order valence-electron chi connectivity index (χ4n) is 9.62. The normalized spacial score (nSPS) is 16.2. The van der Waals surface area contributed by atoms with Crippen LogP contribution in [0.5, 0.6) is 0 Å². The Bertz CT molecular complexity index is 2630. The van der Waals surface area contributed by atoms with Gasteiger partial charge in [-0.1, -0.05) is 48.0 Å². The van der Waals surface area contributed by atoms with Crippen molar-refractivity contribution in [3.8, 4) is 0 Å². The minimum atomic E-state index is -1.61. The second-order valence-corrected chi connectivity index (χ2v) is 24.2. The Morgan fingerprint density at radius 2 is 1.23 bits per heavy atom. The zero-order valence-corrected chi connectivity index (χ0v) is 53.8. The van der Waals surface area contributed by atoms with E-state index in [9.17, 15) is 72.5 Å². The number of nitrogens with one attached hydrogen (secondary N) is 10. The first kappa shape index (κ1) is 79.0. The minimum Gasteiger partial charge on any atom is -0.481 e. The highest BCUT2D eigenvalue weighted by Gasteiger charge is 2.41. The van der Waals surface area contributed by atoms with Crippen molar-refractivity contribution in [3.05, 3.63) is 18.2 Å². The van der Waals surface area contributed by atoms with Gasteiger partial charge in [-0.3, -0.25) is 62.5 Å². The average molecular weight is 1310 g/mol. The van der Waals surface area contributed by atoms with Gasteiger partial charge in [0.25, 0.3) is 0 Å². The number of carbonyl (C=O) groups is 13. The van der Waals surface area contributed by atoms with Crippen molar-refractivity contribution >= 4 is 94.7 Å². The largest absolute Gasteiger partial charge is 0.481 e.